The molecular formula is C20H19N5O3. The molecule has 4 rings (SSSR count). The largest absolute Gasteiger partial charge is 0.497 e. The molecule has 0 spiro atoms. The summed E-state index contributed by atoms with van der Waals surface area (Å²) in [6, 6.07) is 14.8. The van der Waals surface area contributed by atoms with Crippen molar-refractivity contribution in [3.8, 4) is 17.1 Å². The zero-order valence-corrected chi connectivity index (χ0v) is 15.2. The summed E-state index contributed by atoms with van der Waals surface area (Å²) in [5.74, 6) is 0.715. The van der Waals surface area contributed by atoms with Crippen molar-refractivity contribution < 1.29 is 14.3 Å². The van der Waals surface area contributed by atoms with E-state index in [4.69, 9.17) is 4.74 Å². The highest BCUT2D eigenvalue weighted by atomic mass is 16.5. The van der Waals surface area contributed by atoms with Crippen LogP contribution in [0.1, 0.15) is 23.7 Å². The highest BCUT2D eigenvalue weighted by Gasteiger charge is 2.31. The zero-order chi connectivity index (χ0) is 19.5. The molecule has 0 saturated carbocycles. The SMILES string of the molecule is COc1ccc2c(c1)[C@@H](C(=O)NCc1nc(-c3ccccc3)n[nH]1)CC(=O)N2. The molecule has 3 N–H and O–H groups in total. The van der Waals surface area contributed by atoms with Gasteiger partial charge in [-0.3, -0.25) is 14.7 Å². The lowest BCUT2D eigenvalue weighted by Gasteiger charge is -2.25. The molecule has 0 saturated heterocycles. The smallest absolute Gasteiger partial charge is 0.228 e. The van der Waals surface area contributed by atoms with Crippen molar-refractivity contribution in [2.75, 3.05) is 12.4 Å². The standard InChI is InChI=1S/C20H19N5O3/c1-28-13-7-8-16-14(9-13)15(10-18(26)22-16)20(27)21-11-17-23-19(25-24-17)12-5-3-2-4-6-12/h2-9,15H,10-11H2,1H3,(H,21,27)(H,22,26)(H,23,24,25)/t15-/m0/s1. The number of nitrogens with one attached hydrogen (secondary N) is 3. The third-order valence-corrected chi connectivity index (χ3v) is 4.61. The number of aromatic amines is 1. The van der Waals surface area contributed by atoms with E-state index in [1.54, 1.807) is 25.3 Å². The Labute approximate surface area is 161 Å². The summed E-state index contributed by atoms with van der Waals surface area (Å²) in [6.07, 6.45) is 0.0810. The van der Waals surface area contributed by atoms with Crippen molar-refractivity contribution >= 4 is 17.5 Å². The molecule has 2 amide bonds. The summed E-state index contributed by atoms with van der Waals surface area (Å²) < 4.78 is 5.24. The first kappa shape index (κ1) is 17.7. The van der Waals surface area contributed by atoms with Gasteiger partial charge in [-0.1, -0.05) is 30.3 Å². The van der Waals surface area contributed by atoms with E-state index < -0.39 is 5.92 Å². The number of hydrogen-bond donors (Lipinski definition) is 3. The van der Waals surface area contributed by atoms with Crippen LogP contribution in [0.25, 0.3) is 11.4 Å². The van der Waals surface area contributed by atoms with Crippen LogP contribution in [-0.2, 0) is 16.1 Å². The number of H-pyrrole nitrogens is 1. The average Bonchev–Trinajstić information content (AvgIpc) is 3.21. The molecule has 0 radical (unpaired) electrons. The number of carbonyl (C=O) groups excluding carboxylic acids is 2. The van der Waals surface area contributed by atoms with Crippen molar-refractivity contribution in [3.63, 3.8) is 0 Å². The predicted molar refractivity (Wildman–Crippen MR) is 103 cm³/mol. The molecule has 2 aromatic carbocycles. The number of benzene rings is 2. The molecular weight excluding hydrogens is 358 g/mol. The lowest BCUT2D eigenvalue weighted by Crippen LogP contribution is -2.35. The van der Waals surface area contributed by atoms with E-state index in [-0.39, 0.29) is 24.8 Å². The number of fused-ring (bicyclic) bond motifs is 1. The molecule has 3 aromatic rings. The van der Waals surface area contributed by atoms with E-state index in [1.165, 1.54) is 0 Å². The monoisotopic (exact) mass is 377 g/mol. The van der Waals surface area contributed by atoms with Crippen LogP contribution in [0.2, 0.25) is 0 Å². The summed E-state index contributed by atoms with van der Waals surface area (Å²) in [5.41, 5.74) is 2.25. The van der Waals surface area contributed by atoms with Crippen LogP contribution < -0.4 is 15.4 Å². The van der Waals surface area contributed by atoms with Crippen LogP contribution in [0.3, 0.4) is 0 Å². The molecule has 1 aromatic heterocycles. The highest BCUT2D eigenvalue weighted by molar-refractivity contribution is 6.01. The Kier molecular flexibility index (Phi) is 4.76. The number of rotatable bonds is 5. The molecule has 2 heterocycles. The molecule has 0 aliphatic carbocycles. The summed E-state index contributed by atoms with van der Waals surface area (Å²) in [5, 5.41) is 12.6. The van der Waals surface area contributed by atoms with Crippen molar-refractivity contribution in [1.29, 1.82) is 0 Å². The molecule has 1 aliphatic rings. The number of nitrogens with zero attached hydrogens (tertiary/aromatic N) is 2. The third kappa shape index (κ3) is 3.57. The fraction of sp³-hybridized carbons (Fsp3) is 0.200. The number of anilines is 1. The first-order chi connectivity index (χ1) is 13.6. The molecule has 0 fully saturated rings. The summed E-state index contributed by atoms with van der Waals surface area (Å²) in [7, 11) is 1.56. The van der Waals surface area contributed by atoms with Gasteiger partial charge in [0.15, 0.2) is 5.82 Å². The van der Waals surface area contributed by atoms with Gasteiger partial charge < -0.3 is 15.4 Å². The molecule has 0 bridgehead atoms. The Morgan fingerprint density at radius 2 is 2.07 bits per heavy atom. The molecule has 0 unspecified atom stereocenters. The van der Waals surface area contributed by atoms with Crippen molar-refractivity contribution in [1.82, 2.24) is 20.5 Å². The van der Waals surface area contributed by atoms with Crippen molar-refractivity contribution in [2.24, 2.45) is 0 Å². The average molecular weight is 377 g/mol. The summed E-state index contributed by atoms with van der Waals surface area (Å²) in [4.78, 5) is 29.1. The summed E-state index contributed by atoms with van der Waals surface area (Å²) >= 11 is 0. The van der Waals surface area contributed by atoms with Gasteiger partial charge in [0.25, 0.3) is 0 Å². The zero-order valence-electron chi connectivity index (χ0n) is 15.2. The molecule has 28 heavy (non-hydrogen) atoms. The number of amides is 2. The van der Waals surface area contributed by atoms with Crippen LogP contribution >= 0.6 is 0 Å². The molecule has 142 valence electrons. The van der Waals surface area contributed by atoms with E-state index in [2.05, 4.69) is 25.8 Å². The normalized spacial score (nSPS) is 15.5. The predicted octanol–water partition coefficient (Wildman–Crippen LogP) is 2.22. The van der Waals surface area contributed by atoms with Crippen LogP contribution in [-0.4, -0.2) is 34.1 Å². The molecule has 8 nitrogen and oxygen atoms in total. The Morgan fingerprint density at radius 3 is 2.86 bits per heavy atom. The van der Waals surface area contributed by atoms with Gasteiger partial charge >= 0.3 is 0 Å². The molecule has 1 atom stereocenters. The lowest BCUT2D eigenvalue weighted by atomic mass is 9.89. The van der Waals surface area contributed by atoms with E-state index in [0.717, 1.165) is 11.1 Å². The van der Waals surface area contributed by atoms with Gasteiger partial charge in [-0.05, 0) is 23.8 Å². The number of hydrogen-bond acceptors (Lipinski definition) is 5. The van der Waals surface area contributed by atoms with Crippen LogP contribution in [0.15, 0.2) is 48.5 Å². The molecule has 8 heteroatoms. The first-order valence-corrected chi connectivity index (χ1v) is 8.86. The van der Waals surface area contributed by atoms with Gasteiger partial charge in [-0.25, -0.2) is 4.98 Å². The van der Waals surface area contributed by atoms with E-state index in [1.807, 2.05) is 30.3 Å². The minimum absolute atomic E-state index is 0.0810. The lowest BCUT2D eigenvalue weighted by molar-refractivity contribution is -0.126. The fourth-order valence-corrected chi connectivity index (χ4v) is 3.19. The van der Waals surface area contributed by atoms with Crippen LogP contribution in [0, 0.1) is 0 Å². The number of carbonyl (C=O) groups is 2. The Balaban J connectivity index is 1.47. The highest BCUT2D eigenvalue weighted by Crippen LogP contribution is 2.35. The third-order valence-electron chi connectivity index (χ3n) is 4.61. The van der Waals surface area contributed by atoms with Crippen LogP contribution in [0.5, 0.6) is 5.75 Å². The maximum absolute atomic E-state index is 12.8. The first-order valence-electron chi connectivity index (χ1n) is 8.86. The van der Waals surface area contributed by atoms with Crippen molar-refractivity contribution in [3.05, 3.63) is 59.9 Å². The second-order valence-electron chi connectivity index (χ2n) is 6.45. The Hall–Kier alpha value is -3.68. The van der Waals surface area contributed by atoms with Crippen molar-refractivity contribution in [2.45, 2.75) is 18.9 Å². The topological polar surface area (TPSA) is 109 Å². The van der Waals surface area contributed by atoms with Gasteiger partial charge in [0.1, 0.15) is 11.6 Å². The second kappa shape index (κ2) is 7.51. The Bertz CT molecular complexity index is 1020. The Morgan fingerprint density at radius 1 is 1.25 bits per heavy atom. The number of ether oxygens (including phenoxy) is 1. The van der Waals surface area contributed by atoms with E-state index >= 15 is 0 Å². The minimum Gasteiger partial charge on any atom is -0.497 e. The van der Waals surface area contributed by atoms with Gasteiger partial charge in [0.2, 0.25) is 11.8 Å². The minimum atomic E-state index is -0.588. The number of aromatic nitrogens is 3. The van der Waals surface area contributed by atoms with E-state index in [9.17, 15) is 9.59 Å². The van der Waals surface area contributed by atoms with Gasteiger partial charge in [0.05, 0.1) is 19.6 Å². The van der Waals surface area contributed by atoms with Gasteiger partial charge in [-0.15, -0.1) is 0 Å². The maximum Gasteiger partial charge on any atom is 0.228 e. The van der Waals surface area contributed by atoms with E-state index in [0.29, 0.717) is 23.1 Å². The van der Waals surface area contributed by atoms with Crippen LogP contribution in [0.4, 0.5) is 5.69 Å². The number of methoxy groups -OCH3 is 1. The second-order valence-corrected chi connectivity index (χ2v) is 6.45. The maximum atomic E-state index is 12.8. The van der Waals surface area contributed by atoms with Gasteiger partial charge in [-0.2, -0.15) is 5.10 Å². The summed E-state index contributed by atoms with van der Waals surface area (Å²) in [6.45, 7) is 0.191. The fourth-order valence-electron chi connectivity index (χ4n) is 3.19. The van der Waals surface area contributed by atoms with Gasteiger partial charge in [0, 0.05) is 17.7 Å². The molecule has 1 aliphatic heterocycles. The quantitative estimate of drug-likeness (QED) is 0.632.